The topological polar surface area (TPSA) is 28.3 Å². The van der Waals surface area contributed by atoms with Crippen molar-refractivity contribution >= 4 is 10.9 Å². The van der Waals surface area contributed by atoms with Crippen LogP contribution in [0.4, 0.5) is 0 Å². The highest BCUT2D eigenvalue weighted by atomic mass is 16.6. The fraction of sp³-hybridized carbons (Fsp3) is 0.200. The predicted octanol–water partition coefficient (Wildman–Crippen LogP) is 2.24. The van der Waals surface area contributed by atoms with Gasteiger partial charge >= 0.3 is 0 Å². The molecule has 0 unspecified atom stereocenters. The van der Waals surface area contributed by atoms with E-state index in [0.29, 0.717) is 6.10 Å². The summed E-state index contributed by atoms with van der Waals surface area (Å²) in [5, 5.41) is 1.27. The van der Waals surface area contributed by atoms with Crippen LogP contribution in [0, 0.1) is 0 Å². The Bertz CT molecular complexity index is 414. The lowest BCUT2D eigenvalue weighted by Crippen LogP contribution is -1.78. The number of benzene rings is 1. The van der Waals surface area contributed by atoms with Crippen LogP contribution >= 0.6 is 0 Å². The molecule has 0 saturated carbocycles. The van der Waals surface area contributed by atoms with E-state index >= 15 is 0 Å². The fourth-order valence-corrected chi connectivity index (χ4v) is 1.51. The van der Waals surface area contributed by atoms with Gasteiger partial charge in [0, 0.05) is 11.7 Å². The van der Waals surface area contributed by atoms with Crippen molar-refractivity contribution in [3.05, 3.63) is 36.0 Å². The van der Waals surface area contributed by atoms with E-state index in [9.17, 15) is 0 Å². The number of nitrogens with one attached hydrogen (secondary N) is 1. The number of epoxide rings is 1. The van der Waals surface area contributed by atoms with E-state index < -0.39 is 0 Å². The number of fused-ring (bicyclic) bond motifs is 1. The van der Waals surface area contributed by atoms with Gasteiger partial charge < -0.3 is 9.72 Å². The van der Waals surface area contributed by atoms with Gasteiger partial charge in [0.25, 0.3) is 0 Å². The second kappa shape index (κ2) is 2.11. The Morgan fingerprint density at radius 3 is 3.08 bits per heavy atom. The van der Waals surface area contributed by atoms with E-state index in [1.165, 1.54) is 16.5 Å². The van der Waals surface area contributed by atoms with Gasteiger partial charge in [0.1, 0.15) is 6.10 Å². The van der Waals surface area contributed by atoms with Crippen molar-refractivity contribution in [2.45, 2.75) is 6.10 Å². The number of aromatic amines is 1. The maximum absolute atomic E-state index is 5.21. The fourth-order valence-electron chi connectivity index (χ4n) is 1.51. The van der Waals surface area contributed by atoms with Crippen LogP contribution in [-0.2, 0) is 4.74 Å². The van der Waals surface area contributed by atoms with Crippen LogP contribution in [0.1, 0.15) is 11.7 Å². The molecule has 0 amide bonds. The highest BCUT2D eigenvalue weighted by Crippen LogP contribution is 2.31. The molecule has 12 heavy (non-hydrogen) atoms. The highest BCUT2D eigenvalue weighted by molar-refractivity contribution is 5.80. The molecule has 0 aliphatic carbocycles. The number of hydrogen-bond acceptors (Lipinski definition) is 1. The van der Waals surface area contributed by atoms with Crippen LogP contribution in [-0.4, -0.2) is 11.6 Å². The van der Waals surface area contributed by atoms with Crippen LogP contribution in [0.2, 0.25) is 0 Å². The van der Waals surface area contributed by atoms with Crippen molar-refractivity contribution in [1.29, 1.82) is 0 Å². The summed E-state index contributed by atoms with van der Waals surface area (Å²) >= 11 is 0. The number of ether oxygens (including phenoxy) is 1. The molecule has 1 aliphatic rings. The van der Waals surface area contributed by atoms with Crippen molar-refractivity contribution in [1.82, 2.24) is 4.98 Å². The van der Waals surface area contributed by atoms with Gasteiger partial charge in [-0.1, -0.05) is 6.07 Å². The minimum Gasteiger partial charge on any atom is -0.368 e. The summed E-state index contributed by atoms with van der Waals surface area (Å²) in [5.74, 6) is 0. The third kappa shape index (κ3) is 0.850. The maximum atomic E-state index is 5.21. The quantitative estimate of drug-likeness (QED) is 0.635. The van der Waals surface area contributed by atoms with Crippen molar-refractivity contribution in [2.24, 2.45) is 0 Å². The zero-order valence-corrected chi connectivity index (χ0v) is 6.58. The van der Waals surface area contributed by atoms with E-state index in [0.717, 1.165) is 6.61 Å². The monoisotopic (exact) mass is 159 g/mol. The molecule has 0 radical (unpaired) electrons. The molecule has 0 bridgehead atoms. The van der Waals surface area contributed by atoms with Gasteiger partial charge in [-0.2, -0.15) is 0 Å². The lowest BCUT2D eigenvalue weighted by molar-refractivity contribution is 0.416. The average Bonchev–Trinajstić information content (AvgIpc) is 2.84. The van der Waals surface area contributed by atoms with E-state index in [4.69, 9.17) is 4.74 Å². The molecule has 3 rings (SSSR count). The summed E-state index contributed by atoms with van der Waals surface area (Å²) < 4.78 is 5.21. The third-order valence-electron chi connectivity index (χ3n) is 2.28. The highest BCUT2D eigenvalue weighted by Gasteiger charge is 2.24. The van der Waals surface area contributed by atoms with Crippen LogP contribution < -0.4 is 0 Å². The summed E-state index contributed by atoms with van der Waals surface area (Å²) in [6.07, 6.45) is 2.33. The third-order valence-corrected chi connectivity index (χ3v) is 2.28. The normalized spacial score (nSPS) is 21.5. The molecule has 1 atom stereocenters. The minimum absolute atomic E-state index is 0.365. The van der Waals surface area contributed by atoms with Gasteiger partial charge in [-0.15, -0.1) is 0 Å². The number of rotatable bonds is 1. The zero-order valence-electron chi connectivity index (χ0n) is 6.58. The molecular weight excluding hydrogens is 150 g/mol. The predicted molar refractivity (Wildman–Crippen MR) is 47.0 cm³/mol. The Morgan fingerprint density at radius 1 is 1.33 bits per heavy atom. The van der Waals surface area contributed by atoms with Crippen LogP contribution in [0.15, 0.2) is 30.5 Å². The molecule has 1 aliphatic heterocycles. The van der Waals surface area contributed by atoms with E-state index in [1.807, 2.05) is 6.20 Å². The molecule has 1 N–H and O–H groups in total. The second-order valence-electron chi connectivity index (χ2n) is 3.15. The molecule has 0 spiro atoms. The van der Waals surface area contributed by atoms with Crippen molar-refractivity contribution in [2.75, 3.05) is 6.61 Å². The zero-order chi connectivity index (χ0) is 7.97. The molecule has 2 heteroatoms. The Labute approximate surface area is 70.2 Å². The first-order valence-corrected chi connectivity index (χ1v) is 4.12. The van der Waals surface area contributed by atoms with Crippen molar-refractivity contribution in [3.63, 3.8) is 0 Å². The first-order chi connectivity index (χ1) is 5.93. The molecule has 1 aromatic carbocycles. The van der Waals surface area contributed by atoms with E-state index in [-0.39, 0.29) is 0 Å². The van der Waals surface area contributed by atoms with Gasteiger partial charge in [0.05, 0.1) is 6.61 Å². The van der Waals surface area contributed by atoms with E-state index in [1.54, 1.807) is 0 Å². The average molecular weight is 159 g/mol. The number of H-pyrrole nitrogens is 1. The first kappa shape index (κ1) is 6.26. The van der Waals surface area contributed by atoms with E-state index in [2.05, 4.69) is 29.2 Å². The van der Waals surface area contributed by atoms with Crippen LogP contribution in [0.5, 0.6) is 0 Å². The van der Waals surface area contributed by atoms with Crippen LogP contribution in [0.3, 0.4) is 0 Å². The molecule has 1 saturated heterocycles. The standard InChI is InChI=1S/C10H9NO/c1-2-9-7(3-4-11-9)5-8(1)10-6-12-10/h1-5,10-11H,6H2/t10-/m1/s1. The molecule has 60 valence electrons. The Morgan fingerprint density at radius 2 is 2.25 bits per heavy atom. The van der Waals surface area contributed by atoms with Gasteiger partial charge in [-0.3, -0.25) is 0 Å². The summed E-state index contributed by atoms with van der Waals surface area (Å²) in [6.45, 7) is 0.885. The number of hydrogen-bond donors (Lipinski definition) is 1. The molecule has 2 nitrogen and oxygen atoms in total. The summed E-state index contributed by atoms with van der Waals surface area (Å²) in [5.41, 5.74) is 2.49. The molecule has 1 fully saturated rings. The van der Waals surface area contributed by atoms with Gasteiger partial charge in [0.15, 0.2) is 0 Å². The first-order valence-electron chi connectivity index (χ1n) is 4.12. The summed E-state index contributed by atoms with van der Waals surface area (Å²) in [6, 6.07) is 8.49. The minimum atomic E-state index is 0.365. The Balaban J connectivity index is 2.21. The second-order valence-corrected chi connectivity index (χ2v) is 3.15. The Kier molecular flexibility index (Phi) is 1.10. The molecule has 2 aromatic rings. The lowest BCUT2D eigenvalue weighted by atomic mass is 10.1. The molecule has 1 aromatic heterocycles. The SMILES string of the molecule is c1cc2cc([C@H]3CO3)ccc2[nH]1. The van der Waals surface area contributed by atoms with Gasteiger partial charge in [0.2, 0.25) is 0 Å². The molecule has 2 heterocycles. The number of aromatic nitrogens is 1. The Hall–Kier alpha value is -1.28. The van der Waals surface area contributed by atoms with Gasteiger partial charge in [-0.05, 0) is 29.1 Å². The largest absolute Gasteiger partial charge is 0.368 e. The summed E-state index contributed by atoms with van der Waals surface area (Å²) in [4.78, 5) is 3.17. The molecular formula is C10H9NO. The van der Waals surface area contributed by atoms with Crippen LogP contribution in [0.25, 0.3) is 10.9 Å². The van der Waals surface area contributed by atoms with Gasteiger partial charge in [-0.25, -0.2) is 0 Å². The smallest absolute Gasteiger partial charge is 0.106 e. The summed E-state index contributed by atoms with van der Waals surface area (Å²) in [7, 11) is 0. The lowest BCUT2D eigenvalue weighted by Gasteiger charge is -1.94. The maximum Gasteiger partial charge on any atom is 0.106 e. The van der Waals surface area contributed by atoms with Crippen molar-refractivity contribution < 1.29 is 4.74 Å². The van der Waals surface area contributed by atoms with Crippen molar-refractivity contribution in [3.8, 4) is 0 Å².